The molecule has 0 unspecified atom stereocenters. The van der Waals surface area contributed by atoms with Crippen molar-refractivity contribution in [2.45, 2.75) is 32.6 Å². The fourth-order valence-electron chi connectivity index (χ4n) is 2.44. The molecule has 130 valence electrons. The number of aryl methyl sites for hydroxylation is 1. The van der Waals surface area contributed by atoms with Gasteiger partial charge in [0.05, 0.1) is 5.01 Å². The Kier molecular flexibility index (Phi) is 6.63. The summed E-state index contributed by atoms with van der Waals surface area (Å²) in [4.78, 5) is 9.91. The minimum absolute atomic E-state index is 0.0949. The smallest absolute Gasteiger partial charge is 0.191 e. The summed E-state index contributed by atoms with van der Waals surface area (Å²) in [6.45, 7) is 7.97. The Morgan fingerprint density at radius 3 is 2.67 bits per heavy atom. The van der Waals surface area contributed by atoms with E-state index in [1.54, 1.807) is 18.4 Å². The van der Waals surface area contributed by atoms with Gasteiger partial charge in [-0.25, -0.2) is 4.98 Å². The van der Waals surface area contributed by atoms with Gasteiger partial charge in [-0.15, -0.1) is 11.3 Å². The van der Waals surface area contributed by atoms with Gasteiger partial charge in [0.1, 0.15) is 0 Å². The summed E-state index contributed by atoms with van der Waals surface area (Å²) >= 11 is 8.07. The Bertz CT molecular complexity index is 694. The highest BCUT2D eigenvalue weighted by atomic mass is 35.5. The van der Waals surface area contributed by atoms with Crippen molar-refractivity contribution in [3.05, 3.63) is 50.9 Å². The second-order valence-electron chi connectivity index (χ2n) is 6.33. The van der Waals surface area contributed by atoms with E-state index in [1.807, 2.05) is 24.4 Å². The molecule has 1 heterocycles. The zero-order chi connectivity index (χ0) is 17.6. The van der Waals surface area contributed by atoms with Gasteiger partial charge in [-0.1, -0.05) is 43.6 Å². The first-order valence-corrected chi connectivity index (χ1v) is 9.22. The van der Waals surface area contributed by atoms with Crippen LogP contribution >= 0.6 is 22.9 Å². The fraction of sp³-hybridized carbons (Fsp3) is 0.444. The number of rotatable bonds is 6. The topological polar surface area (TPSA) is 49.3 Å². The van der Waals surface area contributed by atoms with Crippen molar-refractivity contribution in [3.8, 4) is 0 Å². The molecule has 2 N–H and O–H groups in total. The van der Waals surface area contributed by atoms with E-state index in [0.717, 1.165) is 41.1 Å². The molecule has 0 aliphatic carbocycles. The minimum Gasteiger partial charge on any atom is -0.356 e. The van der Waals surface area contributed by atoms with Gasteiger partial charge >= 0.3 is 0 Å². The number of hydrogen-bond donors (Lipinski definition) is 2. The molecule has 1 aromatic heterocycles. The Morgan fingerprint density at radius 2 is 2.04 bits per heavy atom. The maximum atomic E-state index is 6.33. The molecule has 0 aliphatic heterocycles. The molecule has 0 saturated carbocycles. The third-order valence-electron chi connectivity index (χ3n) is 3.82. The fourth-order valence-corrected chi connectivity index (χ4v) is 3.61. The summed E-state index contributed by atoms with van der Waals surface area (Å²) in [7, 11) is 1.78. The molecule has 4 nitrogen and oxygen atoms in total. The molecular weight excluding hydrogens is 340 g/mol. The number of aromatic nitrogens is 1. The van der Waals surface area contributed by atoms with E-state index >= 15 is 0 Å². The summed E-state index contributed by atoms with van der Waals surface area (Å²) in [6.07, 6.45) is 2.81. The molecule has 0 spiro atoms. The number of halogens is 1. The van der Waals surface area contributed by atoms with Crippen LogP contribution in [0.3, 0.4) is 0 Å². The lowest BCUT2D eigenvalue weighted by Gasteiger charge is -2.27. The van der Waals surface area contributed by atoms with E-state index in [0.29, 0.717) is 0 Å². The summed E-state index contributed by atoms with van der Waals surface area (Å²) in [6, 6.07) is 7.98. The number of aliphatic imine (C=N–C) groups is 1. The van der Waals surface area contributed by atoms with E-state index in [1.165, 1.54) is 4.88 Å². The Hall–Kier alpha value is -1.59. The van der Waals surface area contributed by atoms with E-state index < -0.39 is 0 Å². The third-order valence-corrected chi connectivity index (χ3v) is 5.13. The molecule has 2 rings (SSSR count). The van der Waals surface area contributed by atoms with Crippen molar-refractivity contribution in [2.24, 2.45) is 4.99 Å². The summed E-state index contributed by atoms with van der Waals surface area (Å²) < 4.78 is 0. The van der Waals surface area contributed by atoms with Crippen LogP contribution in [0.4, 0.5) is 0 Å². The molecule has 0 bridgehead atoms. The monoisotopic (exact) mass is 364 g/mol. The van der Waals surface area contributed by atoms with Crippen molar-refractivity contribution >= 4 is 28.9 Å². The van der Waals surface area contributed by atoms with Gasteiger partial charge in [-0.2, -0.15) is 0 Å². The van der Waals surface area contributed by atoms with Gasteiger partial charge in [0.25, 0.3) is 0 Å². The highest BCUT2D eigenvalue weighted by molar-refractivity contribution is 7.11. The van der Waals surface area contributed by atoms with Crippen LogP contribution < -0.4 is 10.6 Å². The number of nitrogens with one attached hydrogen (secondary N) is 2. The van der Waals surface area contributed by atoms with Crippen LogP contribution in [-0.2, 0) is 11.8 Å². The van der Waals surface area contributed by atoms with Crippen molar-refractivity contribution < 1.29 is 0 Å². The maximum Gasteiger partial charge on any atom is 0.191 e. The quantitative estimate of drug-likeness (QED) is 0.605. The van der Waals surface area contributed by atoms with E-state index in [9.17, 15) is 0 Å². The largest absolute Gasteiger partial charge is 0.356 e. The van der Waals surface area contributed by atoms with E-state index in [-0.39, 0.29) is 5.41 Å². The second-order valence-corrected chi connectivity index (χ2v) is 8.06. The van der Waals surface area contributed by atoms with Crippen LogP contribution in [0.1, 0.15) is 29.3 Å². The SMILES string of the molecule is CN=C(NCCc1ncc(C)s1)NCC(C)(C)c1ccccc1Cl. The zero-order valence-electron chi connectivity index (χ0n) is 14.7. The van der Waals surface area contributed by atoms with Crippen molar-refractivity contribution in [2.75, 3.05) is 20.1 Å². The summed E-state index contributed by atoms with van der Waals surface area (Å²) in [5.41, 5.74) is 1.04. The number of nitrogens with zero attached hydrogens (tertiary/aromatic N) is 2. The van der Waals surface area contributed by atoms with Crippen LogP contribution in [0.15, 0.2) is 35.5 Å². The van der Waals surface area contributed by atoms with Crippen molar-refractivity contribution in [1.82, 2.24) is 15.6 Å². The first-order chi connectivity index (χ1) is 11.4. The molecule has 2 aromatic rings. The minimum atomic E-state index is -0.0949. The van der Waals surface area contributed by atoms with Gasteiger partial charge in [-0.3, -0.25) is 4.99 Å². The molecule has 0 radical (unpaired) electrons. The molecule has 0 amide bonds. The predicted octanol–water partition coefficient (Wildman–Crippen LogP) is 3.79. The number of hydrogen-bond acceptors (Lipinski definition) is 3. The first kappa shape index (κ1) is 18.7. The highest BCUT2D eigenvalue weighted by Crippen LogP contribution is 2.28. The van der Waals surface area contributed by atoms with E-state index in [2.05, 4.69) is 47.4 Å². The van der Waals surface area contributed by atoms with E-state index in [4.69, 9.17) is 11.6 Å². The molecule has 0 fully saturated rings. The highest BCUT2D eigenvalue weighted by Gasteiger charge is 2.23. The predicted molar refractivity (Wildman–Crippen MR) is 104 cm³/mol. The molecule has 0 saturated heterocycles. The van der Waals surface area contributed by atoms with Crippen LogP contribution in [0.2, 0.25) is 5.02 Å². The molecule has 0 atom stereocenters. The first-order valence-electron chi connectivity index (χ1n) is 8.03. The van der Waals surface area contributed by atoms with Gasteiger partial charge in [-0.05, 0) is 18.6 Å². The molecular formula is C18H25ClN4S. The van der Waals surface area contributed by atoms with Gasteiger partial charge in [0, 0.05) is 48.1 Å². The van der Waals surface area contributed by atoms with Crippen molar-refractivity contribution in [3.63, 3.8) is 0 Å². The van der Waals surface area contributed by atoms with Crippen LogP contribution in [-0.4, -0.2) is 31.1 Å². The van der Waals surface area contributed by atoms with Crippen LogP contribution in [0, 0.1) is 6.92 Å². The lowest BCUT2D eigenvalue weighted by Crippen LogP contribution is -2.44. The van der Waals surface area contributed by atoms with Crippen molar-refractivity contribution in [1.29, 1.82) is 0 Å². The average Bonchev–Trinajstić information content (AvgIpc) is 2.96. The molecule has 1 aromatic carbocycles. The third kappa shape index (κ3) is 5.21. The summed E-state index contributed by atoms with van der Waals surface area (Å²) in [5, 5.41) is 8.67. The van der Waals surface area contributed by atoms with Crippen LogP contribution in [0.25, 0.3) is 0 Å². The Morgan fingerprint density at radius 1 is 1.29 bits per heavy atom. The average molecular weight is 365 g/mol. The zero-order valence-corrected chi connectivity index (χ0v) is 16.3. The lowest BCUT2D eigenvalue weighted by atomic mass is 9.84. The Labute approximate surface area is 153 Å². The van der Waals surface area contributed by atoms with Gasteiger partial charge in [0.15, 0.2) is 5.96 Å². The normalized spacial score (nSPS) is 12.3. The summed E-state index contributed by atoms with van der Waals surface area (Å²) in [5.74, 6) is 0.795. The van der Waals surface area contributed by atoms with Gasteiger partial charge < -0.3 is 10.6 Å². The Balaban J connectivity index is 1.85. The maximum absolute atomic E-state index is 6.33. The number of benzene rings is 1. The molecule has 0 aliphatic rings. The number of thiazole rings is 1. The van der Waals surface area contributed by atoms with Gasteiger partial charge in [0.2, 0.25) is 0 Å². The second kappa shape index (κ2) is 8.49. The molecule has 6 heteroatoms. The van der Waals surface area contributed by atoms with Crippen LogP contribution in [0.5, 0.6) is 0 Å². The number of guanidine groups is 1. The molecule has 24 heavy (non-hydrogen) atoms. The standard InChI is InChI=1S/C18H25ClN4S/c1-13-11-22-16(24-13)9-10-21-17(20-4)23-12-18(2,3)14-7-5-6-8-15(14)19/h5-8,11H,9-10,12H2,1-4H3,(H2,20,21,23). The lowest BCUT2D eigenvalue weighted by molar-refractivity contribution is 0.509.